The molecule has 1 aromatic heterocycles. The average molecular weight is 242 g/mol. The minimum Gasteiger partial charge on any atom is -0.465 e. The fourth-order valence-corrected chi connectivity index (χ4v) is 1.94. The lowest BCUT2D eigenvalue weighted by Crippen LogP contribution is -2.03. The SMILES string of the molecule is COC(=O)c1ccccc1C#Cc1ccsc1. The van der Waals surface area contributed by atoms with Crippen molar-refractivity contribution in [2.24, 2.45) is 0 Å². The average Bonchev–Trinajstić information content (AvgIpc) is 2.89. The zero-order valence-corrected chi connectivity index (χ0v) is 10.1. The number of benzene rings is 1. The van der Waals surface area contributed by atoms with E-state index in [1.165, 1.54) is 7.11 Å². The lowest BCUT2D eigenvalue weighted by atomic mass is 10.1. The molecule has 2 aromatic rings. The summed E-state index contributed by atoms with van der Waals surface area (Å²) in [6.07, 6.45) is 0. The maximum Gasteiger partial charge on any atom is 0.339 e. The number of esters is 1. The number of hydrogen-bond donors (Lipinski definition) is 0. The molecule has 0 amide bonds. The van der Waals surface area contributed by atoms with Crippen LogP contribution in [0.15, 0.2) is 41.1 Å². The third-order valence-electron chi connectivity index (χ3n) is 2.20. The molecule has 0 aliphatic rings. The van der Waals surface area contributed by atoms with Crippen LogP contribution >= 0.6 is 11.3 Å². The van der Waals surface area contributed by atoms with Crippen molar-refractivity contribution < 1.29 is 9.53 Å². The van der Waals surface area contributed by atoms with E-state index in [9.17, 15) is 4.79 Å². The van der Waals surface area contributed by atoms with Crippen LogP contribution in [0.4, 0.5) is 0 Å². The molecule has 0 aliphatic heterocycles. The highest BCUT2D eigenvalue weighted by molar-refractivity contribution is 7.08. The lowest BCUT2D eigenvalue weighted by Gasteiger charge is -2.00. The fourth-order valence-electron chi connectivity index (χ4n) is 1.36. The molecule has 0 spiro atoms. The maximum atomic E-state index is 11.5. The van der Waals surface area contributed by atoms with Crippen LogP contribution in [-0.2, 0) is 4.74 Å². The first kappa shape index (κ1) is 11.4. The van der Waals surface area contributed by atoms with E-state index in [0.29, 0.717) is 11.1 Å². The smallest absolute Gasteiger partial charge is 0.339 e. The number of carbonyl (C=O) groups is 1. The third kappa shape index (κ3) is 2.74. The molecule has 0 radical (unpaired) electrons. The Morgan fingerprint density at radius 3 is 2.76 bits per heavy atom. The monoisotopic (exact) mass is 242 g/mol. The molecule has 0 saturated carbocycles. The Hall–Kier alpha value is -2.05. The van der Waals surface area contributed by atoms with Gasteiger partial charge in [0.05, 0.1) is 12.7 Å². The largest absolute Gasteiger partial charge is 0.465 e. The standard InChI is InChI=1S/C14H10O2S/c1-16-14(15)13-5-3-2-4-12(13)7-6-11-8-9-17-10-11/h2-5,8-10H,1H3. The van der Waals surface area contributed by atoms with E-state index < -0.39 is 0 Å². The normalized spacial score (nSPS) is 9.24. The van der Waals surface area contributed by atoms with Gasteiger partial charge in [-0.2, -0.15) is 11.3 Å². The number of methoxy groups -OCH3 is 1. The third-order valence-corrected chi connectivity index (χ3v) is 2.88. The van der Waals surface area contributed by atoms with Gasteiger partial charge >= 0.3 is 5.97 Å². The second-order valence-corrected chi connectivity index (χ2v) is 4.08. The number of ether oxygens (including phenoxy) is 1. The summed E-state index contributed by atoms with van der Waals surface area (Å²) in [4.78, 5) is 11.5. The molecule has 2 rings (SSSR count). The van der Waals surface area contributed by atoms with E-state index in [1.54, 1.807) is 23.5 Å². The Labute approximate surface area is 104 Å². The van der Waals surface area contributed by atoms with Crippen molar-refractivity contribution in [3.8, 4) is 11.8 Å². The van der Waals surface area contributed by atoms with Crippen LogP contribution in [0.1, 0.15) is 21.5 Å². The second kappa shape index (κ2) is 5.33. The first-order chi connectivity index (χ1) is 8.31. The van der Waals surface area contributed by atoms with Crippen LogP contribution in [0.2, 0.25) is 0 Å². The molecular weight excluding hydrogens is 232 g/mol. The molecule has 0 fully saturated rings. The summed E-state index contributed by atoms with van der Waals surface area (Å²) < 4.78 is 4.71. The van der Waals surface area contributed by atoms with Gasteiger partial charge in [0.15, 0.2) is 0 Å². The lowest BCUT2D eigenvalue weighted by molar-refractivity contribution is 0.0600. The maximum absolute atomic E-state index is 11.5. The summed E-state index contributed by atoms with van der Waals surface area (Å²) in [5, 5.41) is 3.93. The van der Waals surface area contributed by atoms with Gasteiger partial charge in [-0.3, -0.25) is 0 Å². The predicted molar refractivity (Wildman–Crippen MR) is 68.1 cm³/mol. The number of thiophene rings is 1. The highest BCUT2D eigenvalue weighted by Crippen LogP contribution is 2.10. The Kier molecular flexibility index (Phi) is 3.59. The number of hydrogen-bond acceptors (Lipinski definition) is 3. The van der Waals surface area contributed by atoms with Gasteiger partial charge in [-0.25, -0.2) is 4.79 Å². The van der Waals surface area contributed by atoms with E-state index in [2.05, 4.69) is 11.8 Å². The van der Waals surface area contributed by atoms with Crippen molar-refractivity contribution in [3.05, 3.63) is 57.8 Å². The second-order valence-electron chi connectivity index (χ2n) is 3.30. The Bertz CT molecular complexity index is 574. The van der Waals surface area contributed by atoms with Gasteiger partial charge in [0.2, 0.25) is 0 Å². The fraction of sp³-hybridized carbons (Fsp3) is 0.0714. The van der Waals surface area contributed by atoms with Crippen LogP contribution in [0.25, 0.3) is 0 Å². The molecule has 0 unspecified atom stereocenters. The van der Waals surface area contributed by atoms with Gasteiger partial charge in [-0.05, 0) is 23.6 Å². The van der Waals surface area contributed by atoms with E-state index in [1.807, 2.05) is 29.0 Å². The zero-order chi connectivity index (χ0) is 12.1. The highest BCUT2D eigenvalue weighted by atomic mass is 32.1. The molecule has 2 nitrogen and oxygen atoms in total. The molecule has 3 heteroatoms. The van der Waals surface area contributed by atoms with Gasteiger partial charge in [0.25, 0.3) is 0 Å². The summed E-state index contributed by atoms with van der Waals surface area (Å²) in [5.74, 6) is 5.64. The Morgan fingerprint density at radius 1 is 1.24 bits per heavy atom. The predicted octanol–water partition coefficient (Wildman–Crippen LogP) is 2.93. The first-order valence-electron chi connectivity index (χ1n) is 5.03. The van der Waals surface area contributed by atoms with Crippen LogP contribution in [0, 0.1) is 11.8 Å². The van der Waals surface area contributed by atoms with Crippen molar-refractivity contribution in [3.63, 3.8) is 0 Å². The Balaban J connectivity index is 2.36. The summed E-state index contributed by atoms with van der Waals surface area (Å²) in [6, 6.07) is 9.11. The van der Waals surface area contributed by atoms with Crippen LogP contribution in [0.3, 0.4) is 0 Å². The van der Waals surface area contributed by atoms with Crippen LogP contribution in [-0.4, -0.2) is 13.1 Å². The minimum atomic E-state index is -0.361. The topological polar surface area (TPSA) is 26.3 Å². The van der Waals surface area contributed by atoms with Crippen molar-refractivity contribution in [1.29, 1.82) is 0 Å². The van der Waals surface area contributed by atoms with Gasteiger partial charge in [-0.15, -0.1) is 0 Å². The number of carbonyl (C=O) groups excluding carboxylic acids is 1. The van der Waals surface area contributed by atoms with Gasteiger partial charge in [-0.1, -0.05) is 24.0 Å². The molecule has 0 aliphatic carbocycles. The Morgan fingerprint density at radius 2 is 2.06 bits per heavy atom. The molecule has 17 heavy (non-hydrogen) atoms. The summed E-state index contributed by atoms with van der Waals surface area (Å²) in [5.41, 5.74) is 2.14. The number of rotatable bonds is 1. The first-order valence-corrected chi connectivity index (χ1v) is 5.97. The van der Waals surface area contributed by atoms with E-state index in [-0.39, 0.29) is 5.97 Å². The molecule has 84 valence electrons. The molecule has 0 atom stereocenters. The molecule has 0 bridgehead atoms. The van der Waals surface area contributed by atoms with Crippen molar-refractivity contribution in [1.82, 2.24) is 0 Å². The van der Waals surface area contributed by atoms with E-state index in [0.717, 1.165) is 5.56 Å². The molecule has 1 aromatic carbocycles. The summed E-state index contributed by atoms with van der Waals surface area (Å²) >= 11 is 1.60. The van der Waals surface area contributed by atoms with Gasteiger partial charge < -0.3 is 4.74 Å². The van der Waals surface area contributed by atoms with E-state index >= 15 is 0 Å². The molecular formula is C14H10O2S. The quantitative estimate of drug-likeness (QED) is 0.567. The zero-order valence-electron chi connectivity index (χ0n) is 9.27. The highest BCUT2D eigenvalue weighted by Gasteiger charge is 2.08. The minimum absolute atomic E-state index is 0.361. The summed E-state index contributed by atoms with van der Waals surface area (Å²) in [6.45, 7) is 0. The van der Waals surface area contributed by atoms with Crippen molar-refractivity contribution in [2.75, 3.05) is 7.11 Å². The molecule has 0 saturated heterocycles. The molecule has 0 N–H and O–H groups in total. The summed E-state index contributed by atoms with van der Waals surface area (Å²) in [7, 11) is 1.37. The van der Waals surface area contributed by atoms with Crippen molar-refractivity contribution >= 4 is 17.3 Å². The van der Waals surface area contributed by atoms with Gasteiger partial charge in [0, 0.05) is 16.5 Å². The van der Waals surface area contributed by atoms with E-state index in [4.69, 9.17) is 4.74 Å². The van der Waals surface area contributed by atoms with Crippen molar-refractivity contribution in [2.45, 2.75) is 0 Å². The van der Waals surface area contributed by atoms with Crippen LogP contribution < -0.4 is 0 Å². The van der Waals surface area contributed by atoms with Gasteiger partial charge in [0.1, 0.15) is 0 Å². The molecule has 1 heterocycles. The van der Waals surface area contributed by atoms with Crippen LogP contribution in [0.5, 0.6) is 0 Å².